The summed E-state index contributed by atoms with van der Waals surface area (Å²) in [5, 5.41) is 16.3. The van der Waals surface area contributed by atoms with E-state index >= 15 is 0 Å². The van der Waals surface area contributed by atoms with E-state index in [4.69, 9.17) is 11.0 Å². The zero-order valence-electron chi connectivity index (χ0n) is 11.1. The van der Waals surface area contributed by atoms with Crippen molar-refractivity contribution in [2.24, 2.45) is 0 Å². The maximum atomic E-state index is 13.3. The molecule has 0 aliphatic rings. The van der Waals surface area contributed by atoms with Gasteiger partial charge in [-0.15, -0.1) is 0 Å². The molecule has 2 heterocycles. The van der Waals surface area contributed by atoms with Crippen molar-refractivity contribution in [2.75, 3.05) is 5.73 Å². The third kappa shape index (κ3) is 2.17. The Hall–Kier alpha value is -3.01. The summed E-state index contributed by atoms with van der Waals surface area (Å²) in [6.45, 7) is 1.80. The summed E-state index contributed by atoms with van der Waals surface area (Å²) < 4.78 is 18.0. The van der Waals surface area contributed by atoms with E-state index < -0.39 is 5.82 Å². The number of rotatable bonds is 2. The topological polar surface area (TPSA) is 102 Å². The quantitative estimate of drug-likeness (QED) is 0.772. The summed E-state index contributed by atoms with van der Waals surface area (Å²) in [6, 6.07) is 6.19. The van der Waals surface area contributed by atoms with Crippen molar-refractivity contribution in [1.82, 2.24) is 15.3 Å². The van der Waals surface area contributed by atoms with Crippen LogP contribution < -0.4 is 5.73 Å². The molecular formula is C14H10FN5O. The molecule has 0 bridgehead atoms. The third-order valence-corrected chi connectivity index (χ3v) is 3.29. The lowest BCUT2D eigenvalue weighted by molar-refractivity contribution is 0.315. The van der Waals surface area contributed by atoms with Crippen LogP contribution in [0.25, 0.3) is 11.2 Å². The minimum absolute atomic E-state index is 0.000800. The zero-order chi connectivity index (χ0) is 15.0. The maximum Gasteiger partial charge on any atom is 0.226 e. The molecule has 0 aliphatic heterocycles. The van der Waals surface area contributed by atoms with Gasteiger partial charge >= 0.3 is 0 Å². The molecule has 0 spiro atoms. The predicted octanol–water partition coefficient (Wildman–Crippen LogP) is 2.11. The fraction of sp³-hybridized carbons (Fsp3) is 0.143. The first-order chi connectivity index (χ1) is 10.1. The van der Waals surface area contributed by atoms with Gasteiger partial charge in [0.2, 0.25) is 5.65 Å². The molecule has 7 heteroatoms. The molecular weight excluding hydrogens is 273 g/mol. The van der Waals surface area contributed by atoms with E-state index in [1.165, 1.54) is 12.1 Å². The normalized spacial score (nSPS) is 10.7. The highest BCUT2D eigenvalue weighted by molar-refractivity contribution is 5.85. The second kappa shape index (κ2) is 4.83. The Balaban J connectivity index is 2.08. The molecule has 0 aliphatic carbocycles. The van der Waals surface area contributed by atoms with Crippen LogP contribution in [0.5, 0.6) is 0 Å². The third-order valence-electron chi connectivity index (χ3n) is 3.29. The Morgan fingerprint density at radius 2 is 2.19 bits per heavy atom. The van der Waals surface area contributed by atoms with E-state index in [9.17, 15) is 4.39 Å². The van der Waals surface area contributed by atoms with Gasteiger partial charge in [0.05, 0.1) is 11.3 Å². The molecule has 1 aromatic carbocycles. The molecule has 0 saturated heterocycles. The highest BCUT2D eigenvalue weighted by Gasteiger charge is 2.15. The fourth-order valence-electron chi connectivity index (χ4n) is 2.19. The summed E-state index contributed by atoms with van der Waals surface area (Å²) in [5.41, 5.74) is 9.47. The van der Waals surface area contributed by atoms with Crippen LogP contribution in [0.4, 0.5) is 10.1 Å². The lowest BCUT2D eigenvalue weighted by Crippen LogP contribution is -2.03. The van der Waals surface area contributed by atoms with Crippen LogP contribution in [0.15, 0.2) is 22.8 Å². The van der Waals surface area contributed by atoms with Crippen molar-refractivity contribution < 1.29 is 9.02 Å². The molecule has 3 rings (SSSR count). The van der Waals surface area contributed by atoms with Crippen LogP contribution in [0, 0.1) is 24.1 Å². The molecule has 2 aromatic heterocycles. The lowest BCUT2D eigenvalue weighted by atomic mass is 10.00. The molecule has 0 unspecified atom stereocenters. The molecule has 0 saturated carbocycles. The summed E-state index contributed by atoms with van der Waals surface area (Å²) in [5.74, 6) is -0.541. The van der Waals surface area contributed by atoms with Crippen LogP contribution in [0.1, 0.15) is 22.4 Å². The second-order valence-electron chi connectivity index (χ2n) is 4.63. The predicted molar refractivity (Wildman–Crippen MR) is 72.7 cm³/mol. The van der Waals surface area contributed by atoms with Crippen molar-refractivity contribution in [3.8, 4) is 6.07 Å². The van der Waals surface area contributed by atoms with Crippen LogP contribution in [0.3, 0.4) is 0 Å². The number of nitriles is 1. The monoisotopic (exact) mass is 283 g/mol. The number of aromatic nitrogens is 3. The minimum atomic E-state index is -0.541. The Morgan fingerprint density at radius 1 is 1.38 bits per heavy atom. The largest absolute Gasteiger partial charge is 0.396 e. The van der Waals surface area contributed by atoms with Crippen molar-refractivity contribution in [2.45, 2.75) is 13.3 Å². The van der Waals surface area contributed by atoms with E-state index in [0.29, 0.717) is 29.0 Å². The van der Waals surface area contributed by atoms with Crippen molar-refractivity contribution >= 4 is 16.9 Å². The van der Waals surface area contributed by atoms with E-state index in [2.05, 4.69) is 19.9 Å². The van der Waals surface area contributed by atoms with Gasteiger partial charge in [-0.25, -0.2) is 14.0 Å². The summed E-state index contributed by atoms with van der Waals surface area (Å²) in [6.07, 6.45) is 0.419. The Labute approximate surface area is 119 Å². The van der Waals surface area contributed by atoms with E-state index in [1.54, 1.807) is 13.0 Å². The van der Waals surface area contributed by atoms with Crippen molar-refractivity contribution in [3.05, 3.63) is 46.4 Å². The van der Waals surface area contributed by atoms with Gasteiger partial charge in [0.15, 0.2) is 5.52 Å². The lowest BCUT2D eigenvalue weighted by Gasteiger charge is -2.09. The van der Waals surface area contributed by atoms with Gasteiger partial charge in [0.1, 0.15) is 11.9 Å². The molecule has 3 aromatic rings. The molecule has 0 atom stereocenters. The molecule has 0 amide bonds. The van der Waals surface area contributed by atoms with Crippen LogP contribution >= 0.6 is 0 Å². The number of nitrogens with two attached hydrogens (primary N) is 1. The van der Waals surface area contributed by atoms with Gasteiger partial charge in [0.25, 0.3) is 0 Å². The highest BCUT2D eigenvalue weighted by atomic mass is 19.1. The number of pyridine rings is 1. The van der Waals surface area contributed by atoms with Crippen molar-refractivity contribution in [1.29, 1.82) is 5.26 Å². The van der Waals surface area contributed by atoms with Gasteiger partial charge in [-0.2, -0.15) is 5.26 Å². The maximum absolute atomic E-state index is 13.3. The van der Waals surface area contributed by atoms with E-state index in [1.807, 2.05) is 6.07 Å². The number of hydrogen-bond donors (Lipinski definition) is 1. The zero-order valence-corrected chi connectivity index (χ0v) is 11.1. The standard InChI is InChI=1S/C14H10FN5O/c1-7-10(12(17)13-14(18-7)20-21-19-13)5-8-2-3-11(15)9(4-8)6-16/h2-4H,5,17H2,1H3. The number of anilines is 1. The molecule has 21 heavy (non-hydrogen) atoms. The average molecular weight is 283 g/mol. The smallest absolute Gasteiger partial charge is 0.226 e. The van der Waals surface area contributed by atoms with Crippen LogP contribution in [-0.4, -0.2) is 15.3 Å². The van der Waals surface area contributed by atoms with Gasteiger partial charge < -0.3 is 5.73 Å². The number of benzene rings is 1. The SMILES string of the molecule is Cc1nc2nonc2c(N)c1Cc1ccc(F)c(C#N)c1. The van der Waals surface area contributed by atoms with Crippen LogP contribution in [-0.2, 0) is 6.42 Å². The molecule has 2 N–H and O–H groups in total. The summed E-state index contributed by atoms with van der Waals surface area (Å²) >= 11 is 0. The number of fused-ring (bicyclic) bond motifs is 1. The Morgan fingerprint density at radius 3 is 2.95 bits per heavy atom. The van der Waals surface area contributed by atoms with Gasteiger partial charge in [0, 0.05) is 17.7 Å². The van der Waals surface area contributed by atoms with Crippen LogP contribution in [0.2, 0.25) is 0 Å². The second-order valence-corrected chi connectivity index (χ2v) is 4.63. The first kappa shape index (κ1) is 13.0. The number of nitrogens with zero attached hydrogens (tertiary/aromatic N) is 4. The average Bonchev–Trinajstić information content (AvgIpc) is 2.93. The first-order valence-corrected chi connectivity index (χ1v) is 6.16. The fourth-order valence-corrected chi connectivity index (χ4v) is 2.19. The number of halogens is 1. The first-order valence-electron chi connectivity index (χ1n) is 6.16. The number of aryl methyl sites for hydroxylation is 1. The van der Waals surface area contributed by atoms with Gasteiger partial charge in [-0.05, 0) is 34.9 Å². The molecule has 0 radical (unpaired) electrons. The Kier molecular flexibility index (Phi) is 2.99. The molecule has 6 nitrogen and oxygen atoms in total. The number of hydrogen-bond acceptors (Lipinski definition) is 6. The summed E-state index contributed by atoms with van der Waals surface area (Å²) in [4.78, 5) is 4.27. The molecule has 104 valence electrons. The van der Waals surface area contributed by atoms with E-state index in [-0.39, 0.29) is 5.56 Å². The Bertz CT molecular complexity index is 881. The summed E-state index contributed by atoms with van der Waals surface area (Å²) in [7, 11) is 0. The minimum Gasteiger partial charge on any atom is -0.396 e. The van der Waals surface area contributed by atoms with E-state index in [0.717, 1.165) is 11.1 Å². The van der Waals surface area contributed by atoms with Crippen molar-refractivity contribution in [3.63, 3.8) is 0 Å². The van der Waals surface area contributed by atoms with Gasteiger partial charge in [-0.1, -0.05) is 6.07 Å². The molecule has 0 fully saturated rings. The number of nitrogen functional groups attached to an aromatic ring is 1. The highest BCUT2D eigenvalue weighted by Crippen LogP contribution is 2.26. The van der Waals surface area contributed by atoms with Gasteiger partial charge in [-0.3, -0.25) is 0 Å².